The maximum Gasteiger partial charge on any atom is 0.0527 e. The second kappa shape index (κ2) is 10.4. The quantitative estimate of drug-likeness (QED) is 0.296. The number of rotatable bonds is 8. The van der Waals surface area contributed by atoms with Crippen LogP contribution in [0.4, 0.5) is 0 Å². The second-order valence-electron chi connectivity index (χ2n) is 9.93. The van der Waals surface area contributed by atoms with E-state index in [9.17, 15) is 0 Å². The summed E-state index contributed by atoms with van der Waals surface area (Å²) in [5.41, 5.74) is 5.91. The first kappa shape index (κ1) is 23.4. The van der Waals surface area contributed by atoms with Gasteiger partial charge in [-0.25, -0.2) is 0 Å². The molecule has 0 spiro atoms. The van der Waals surface area contributed by atoms with Crippen molar-refractivity contribution in [3.8, 4) is 0 Å². The Morgan fingerprint density at radius 3 is 2.44 bits per heavy atom. The van der Waals surface area contributed by atoms with Gasteiger partial charge in [0.15, 0.2) is 0 Å². The van der Waals surface area contributed by atoms with Gasteiger partial charge in [-0.2, -0.15) is 24.6 Å². The van der Waals surface area contributed by atoms with Gasteiger partial charge in [-0.3, -0.25) is 4.98 Å². The molecule has 2 aliphatic carbocycles. The summed E-state index contributed by atoms with van der Waals surface area (Å²) in [7, 11) is 0. The molecule has 0 bridgehead atoms. The normalized spacial score (nSPS) is 19.2. The van der Waals surface area contributed by atoms with Gasteiger partial charge in [0, 0.05) is 17.4 Å². The molecular formula is C29H39CfN2-. The summed E-state index contributed by atoms with van der Waals surface area (Å²) in [6, 6.07) is 15.4. The monoisotopic (exact) mass is 664 g/mol. The van der Waals surface area contributed by atoms with Gasteiger partial charge in [-0.15, -0.1) is 12.1 Å². The summed E-state index contributed by atoms with van der Waals surface area (Å²) >= 11 is 0. The summed E-state index contributed by atoms with van der Waals surface area (Å²) < 4.78 is 0. The Kier molecular flexibility index (Phi) is 7.62. The maximum absolute atomic E-state index is 5.21. The molecule has 1 unspecified atom stereocenters. The number of aromatic nitrogens is 1. The summed E-state index contributed by atoms with van der Waals surface area (Å²) in [6.07, 6.45) is 14.3. The van der Waals surface area contributed by atoms with E-state index in [-0.39, 0.29) is 11.5 Å². The molecule has 1 aromatic heterocycles. The maximum atomic E-state index is 5.21. The Morgan fingerprint density at radius 2 is 1.75 bits per heavy atom. The molecule has 32 heavy (non-hydrogen) atoms. The summed E-state index contributed by atoms with van der Waals surface area (Å²) in [6.45, 7) is 10.8. The van der Waals surface area contributed by atoms with Gasteiger partial charge >= 0.3 is 0 Å². The predicted molar refractivity (Wildman–Crippen MR) is 131 cm³/mol. The van der Waals surface area contributed by atoms with Crippen molar-refractivity contribution < 1.29 is 0 Å². The van der Waals surface area contributed by atoms with Crippen LogP contribution in [0.3, 0.4) is 0 Å². The molecule has 0 amide bonds. The van der Waals surface area contributed by atoms with Crippen molar-refractivity contribution in [1.82, 2.24) is 10.3 Å². The number of hydrogen-bond donors (Lipinski definition) is 1. The molecule has 2 fully saturated rings. The molecule has 2 aromatic rings. The number of allylic oxidation sites excluding steroid dienone is 1. The fourth-order valence-electron chi connectivity index (χ4n) is 5.69. The van der Waals surface area contributed by atoms with E-state index in [2.05, 4.69) is 68.2 Å². The smallest absolute Gasteiger partial charge is 0.0527 e. The molecule has 2 aliphatic rings. The third-order valence-corrected chi connectivity index (χ3v) is 7.74. The van der Waals surface area contributed by atoms with Gasteiger partial charge in [0.2, 0.25) is 0 Å². The molecule has 1 N–H and O–H groups in total. The van der Waals surface area contributed by atoms with Crippen LogP contribution in [-0.4, -0.2) is 4.98 Å². The molecule has 176 valence electrons. The number of pyridine rings is 1. The fourth-order valence-corrected chi connectivity index (χ4v) is 5.69. The number of aryl methyl sites for hydroxylation is 1. The number of hydrogen-bond acceptors (Lipinski definition) is 2. The molecule has 1 heterocycles. The van der Waals surface area contributed by atoms with Crippen LogP contribution in [0.1, 0.15) is 99.7 Å². The SMILES string of the molecule is C=C(NC(C)c1ccc([CH2-])cc1)C1(c2cccc(CCC3CCCCC3)n2)CCCC1.[Cf]. The molecule has 0 saturated heterocycles. The number of benzene rings is 1. The number of nitrogens with one attached hydrogen (secondary N) is 1. The van der Waals surface area contributed by atoms with Crippen molar-refractivity contribution in [3.63, 3.8) is 0 Å². The summed E-state index contributed by atoms with van der Waals surface area (Å²) in [4.78, 5) is 5.21. The van der Waals surface area contributed by atoms with Crippen LogP contribution in [0.15, 0.2) is 54.7 Å². The van der Waals surface area contributed by atoms with Crippen molar-refractivity contribution in [2.45, 2.75) is 89.0 Å². The minimum Gasteiger partial charge on any atom is -0.382 e. The standard InChI is InChI=1S/C29H39N2.Cf/c1-22-14-17-26(18-15-22)23(2)30-24(3)29(20-7-8-21-29)28-13-9-12-27(31-28)19-16-25-10-5-4-6-11-25;/h9,12-15,17-18,23,25,30H,1,3-8,10-11,16,19-21H2,2H3;/q-1;. The molecule has 0 aliphatic heterocycles. The van der Waals surface area contributed by atoms with Crippen molar-refractivity contribution in [2.75, 3.05) is 0 Å². The first-order valence-corrected chi connectivity index (χ1v) is 12.4. The summed E-state index contributed by atoms with van der Waals surface area (Å²) in [5, 5.41) is 3.75. The summed E-state index contributed by atoms with van der Waals surface area (Å²) in [5.74, 6) is 0.904. The van der Waals surface area contributed by atoms with E-state index in [4.69, 9.17) is 4.98 Å². The Hall–Kier alpha value is -3.22. The van der Waals surface area contributed by atoms with E-state index < -0.39 is 0 Å². The molecule has 2 saturated carbocycles. The van der Waals surface area contributed by atoms with Crippen LogP contribution >= 0.6 is 0 Å². The van der Waals surface area contributed by atoms with E-state index in [0.29, 0.717) is 0 Å². The van der Waals surface area contributed by atoms with Crippen molar-refractivity contribution in [3.05, 3.63) is 84.2 Å². The van der Waals surface area contributed by atoms with E-state index in [1.807, 2.05) is 0 Å². The van der Waals surface area contributed by atoms with E-state index in [1.54, 1.807) is 0 Å². The molecule has 4 rings (SSSR count). The van der Waals surface area contributed by atoms with E-state index in [0.717, 1.165) is 36.4 Å². The zero-order valence-electron chi connectivity index (χ0n) is 19.7. The molecule has 1 atom stereocenters. The zero-order valence-corrected chi connectivity index (χ0v) is 22.3. The average molecular weight is 667 g/mol. The van der Waals surface area contributed by atoms with Crippen LogP contribution < -0.4 is 5.32 Å². The molecule has 2 nitrogen and oxygen atoms in total. The molecule has 0 radical (unpaired) electrons. The largest absolute Gasteiger partial charge is 0.382 e. The average Bonchev–Trinajstić information content (AvgIpc) is 3.30. The fraction of sp³-hybridized carbons (Fsp3) is 0.517. The Balaban J connectivity index is 0.00000289. The van der Waals surface area contributed by atoms with Crippen LogP contribution in [0.2, 0.25) is 0 Å². The van der Waals surface area contributed by atoms with Gasteiger partial charge in [0.1, 0.15) is 0 Å². The van der Waals surface area contributed by atoms with Crippen LogP contribution in [0.25, 0.3) is 0 Å². The first-order valence-electron chi connectivity index (χ1n) is 12.4. The predicted octanol–water partition coefficient (Wildman–Crippen LogP) is 7.45. The number of nitrogens with zero attached hydrogens (tertiary/aromatic N) is 1. The van der Waals surface area contributed by atoms with Crippen molar-refractivity contribution in [1.29, 1.82) is 0 Å². The van der Waals surface area contributed by atoms with Crippen LogP contribution in [0.5, 0.6) is 0 Å². The van der Waals surface area contributed by atoms with Gasteiger partial charge in [-0.1, -0.05) is 63.2 Å². The van der Waals surface area contributed by atoms with Gasteiger partial charge in [0.25, 0.3) is 0 Å². The zero-order chi connectivity index (χ0) is 21.7. The van der Waals surface area contributed by atoms with E-state index in [1.165, 1.54) is 68.3 Å². The second-order valence-corrected chi connectivity index (χ2v) is 9.93. The topological polar surface area (TPSA) is 24.9 Å². The van der Waals surface area contributed by atoms with Gasteiger partial charge < -0.3 is 5.32 Å². The Labute approximate surface area is 189 Å². The third kappa shape index (κ3) is 5.15. The molecular weight excluding hydrogens is 627 g/mol. The van der Waals surface area contributed by atoms with Crippen LogP contribution in [0, 0.1) is 12.8 Å². The first-order chi connectivity index (χ1) is 15.1. The van der Waals surface area contributed by atoms with E-state index >= 15 is 0 Å². The van der Waals surface area contributed by atoms with Crippen LogP contribution in [-0.2, 0) is 11.8 Å². The Bertz CT molecular complexity index is 861. The van der Waals surface area contributed by atoms with Crippen molar-refractivity contribution in [2.24, 2.45) is 5.92 Å². The minimum atomic E-state index is -0.0403. The van der Waals surface area contributed by atoms with Crippen molar-refractivity contribution >= 4 is 0 Å². The molecule has 1 aromatic carbocycles. The van der Waals surface area contributed by atoms with Gasteiger partial charge in [0.05, 0.1) is 11.1 Å². The third-order valence-electron chi connectivity index (χ3n) is 7.74. The minimum absolute atomic E-state index is 0. The Morgan fingerprint density at radius 1 is 1.06 bits per heavy atom. The van der Waals surface area contributed by atoms with Gasteiger partial charge in [-0.05, 0) is 50.7 Å². The molecule has 3 heteroatoms.